The van der Waals surface area contributed by atoms with E-state index in [-0.39, 0.29) is 11.9 Å². The van der Waals surface area contributed by atoms with Gasteiger partial charge in [0.25, 0.3) is 0 Å². The van der Waals surface area contributed by atoms with Crippen molar-refractivity contribution in [2.75, 3.05) is 19.6 Å². The molecule has 1 aliphatic rings. The lowest BCUT2D eigenvalue weighted by molar-refractivity contribution is 0.0664. The fourth-order valence-electron chi connectivity index (χ4n) is 3.45. The minimum Gasteiger partial charge on any atom is -0.393 e. The quantitative estimate of drug-likeness (QED) is 0.848. The number of likely N-dealkylation sites (tertiary alicyclic amines) is 1. The summed E-state index contributed by atoms with van der Waals surface area (Å²) in [6.45, 7) is 11.3. The third-order valence-electron chi connectivity index (χ3n) is 4.87. The number of rotatable bonds is 5. The summed E-state index contributed by atoms with van der Waals surface area (Å²) in [6.07, 6.45) is 1.74. The monoisotopic (exact) mass is 292 g/mol. The van der Waals surface area contributed by atoms with E-state index in [0.29, 0.717) is 12.5 Å². The average molecular weight is 292 g/mol. The highest BCUT2D eigenvalue weighted by Crippen LogP contribution is 2.21. The van der Waals surface area contributed by atoms with Crippen LogP contribution >= 0.6 is 0 Å². The van der Waals surface area contributed by atoms with Crippen molar-refractivity contribution in [3.63, 3.8) is 0 Å². The summed E-state index contributed by atoms with van der Waals surface area (Å²) >= 11 is 0. The molecule has 1 fully saturated rings. The fourth-order valence-corrected chi connectivity index (χ4v) is 3.45. The van der Waals surface area contributed by atoms with Crippen molar-refractivity contribution in [1.82, 2.24) is 9.47 Å². The van der Waals surface area contributed by atoms with Crippen LogP contribution in [0.25, 0.3) is 0 Å². The second-order valence-corrected chi connectivity index (χ2v) is 6.31. The zero-order valence-corrected chi connectivity index (χ0v) is 13.7. The van der Waals surface area contributed by atoms with E-state index in [9.17, 15) is 9.90 Å². The van der Waals surface area contributed by atoms with Crippen LogP contribution in [0.3, 0.4) is 0 Å². The van der Waals surface area contributed by atoms with Crippen LogP contribution in [-0.4, -0.2) is 46.1 Å². The van der Waals surface area contributed by atoms with Gasteiger partial charge >= 0.3 is 0 Å². The number of carbonyl (C=O) groups excluding carboxylic acids is 1. The van der Waals surface area contributed by atoms with Crippen molar-refractivity contribution in [3.05, 3.63) is 23.0 Å². The van der Waals surface area contributed by atoms with Gasteiger partial charge in [-0.3, -0.25) is 9.69 Å². The topological polar surface area (TPSA) is 45.5 Å². The SMILES string of the molecule is CCn1c(C)cc(C(=O)CN2CCC(C(C)O)CC2)c1C. The summed E-state index contributed by atoms with van der Waals surface area (Å²) in [5.74, 6) is 0.611. The van der Waals surface area contributed by atoms with Crippen LogP contribution < -0.4 is 0 Å². The Morgan fingerprint density at radius 1 is 1.38 bits per heavy atom. The molecule has 1 atom stereocenters. The third-order valence-corrected chi connectivity index (χ3v) is 4.87. The second kappa shape index (κ2) is 6.75. The van der Waals surface area contributed by atoms with E-state index in [2.05, 4.69) is 23.3 Å². The summed E-state index contributed by atoms with van der Waals surface area (Å²) in [5.41, 5.74) is 3.11. The number of ketones is 1. The number of aromatic nitrogens is 1. The van der Waals surface area contributed by atoms with Gasteiger partial charge in [0, 0.05) is 23.5 Å². The fraction of sp³-hybridized carbons (Fsp3) is 0.706. The molecule has 4 heteroatoms. The van der Waals surface area contributed by atoms with Crippen molar-refractivity contribution in [3.8, 4) is 0 Å². The molecule has 0 aromatic carbocycles. The molecule has 0 bridgehead atoms. The molecule has 1 aliphatic heterocycles. The summed E-state index contributed by atoms with van der Waals surface area (Å²) in [6, 6.07) is 2.02. The summed E-state index contributed by atoms with van der Waals surface area (Å²) in [7, 11) is 0. The smallest absolute Gasteiger partial charge is 0.178 e. The van der Waals surface area contributed by atoms with E-state index in [1.165, 1.54) is 0 Å². The van der Waals surface area contributed by atoms with Crippen LogP contribution in [0.4, 0.5) is 0 Å². The molecule has 118 valence electrons. The lowest BCUT2D eigenvalue weighted by Crippen LogP contribution is -2.39. The Hall–Kier alpha value is -1.13. The number of carbonyl (C=O) groups is 1. The molecule has 0 radical (unpaired) electrons. The van der Waals surface area contributed by atoms with E-state index < -0.39 is 0 Å². The highest BCUT2D eigenvalue weighted by molar-refractivity contribution is 5.99. The standard InChI is InChI=1S/C17H28N2O2/c1-5-19-12(2)10-16(13(19)3)17(21)11-18-8-6-15(7-9-18)14(4)20/h10,14-15,20H,5-9,11H2,1-4H3. The van der Waals surface area contributed by atoms with Gasteiger partial charge in [0.1, 0.15) is 0 Å². The predicted octanol–water partition coefficient (Wildman–Crippen LogP) is 2.40. The zero-order valence-electron chi connectivity index (χ0n) is 13.7. The van der Waals surface area contributed by atoms with E-state index >= 15 is 0 Å². The number of piperidine rings is 1. The summed E-state index contributed by atoms with van der Waals surface area (Å²) in [4.78, 5) is 14.7. The normalized spacial score (nSPS) is 18.9. The molecule has 0 aliphatic carbocycles. The molecule has 2 rings (SSSR count). The molecule has 1 saturated heterocycles. The molecule has 0 amide bonds. The van der Waals surface area contributed by atoms with Gasteiger partial charge in [-0.2, -0.15) is 0 Å². The Bertz CT molecular complexity index is 497. The third kappa shape index (κ3) is 3.55. The molecular formula is C17H28N2O2. The number of aliphatic hydroxyl groups is 1. The summed E-state index contributed by atoms with van der Waals surface area (Å²) < 4.78 is 2.19. The number of nitrogens with zero attached hydrogens (tertiary/aromatic N) is 2. The first kappa shape index (κ1) is 16.2. The Kier molecular flexibility index (Phi) is 5.22. The van der Waals surface area contributed by atoms with Crippen LogP contribution in [0.15, 0.2) is 6.07 Å². The highest BCUT2D eigenvalue weighted by atomic mass is 16.3. The number of hydrogen-bond donors (Lipinski definition) is 1. The number of aryl methyl sites for hydroxylation is 1. The first-order valence-electron chi connectivity index (χ1n) is 8.04. The van der Waals surface area contributed by atoms with E-state index in [4.69, 9.17) is 0 Å². The van der Waals surface area contributed by atoms with Crippen molar-refractivity contribution in [2.45, 2.75) is 53.2 Å². The van der Waals surface area contributed by atoms with E-state index in [1.54, 1.807) is 0 Å². The maximum absolute atomic E-state index is 12.5. The van der Waals surface area contributed by atoms with Crippen molar-refractivity contribution in [2.24, 2.45) is 5.92 Å². The molecule has 1 N–H and O–H groups in total. The first-order chi connectivity index (χ1) is 9.93. The van der Waals surface area contributed by atoms with Gasteiger partial charge in [0.15, 0.2) is 5.78 Å². The number of hydrogen-bond acceptors (Lipinski definition) is 3. The molecule has 0 saturated carbocycles. The Morgan fingerprint density at radius 2 is 2.00 bits per heavy atom. The first-order valence-corrected chi connectivity index (χ1v) is 8.04. The molecule has 1 unspecified atom stereocenters. The van der Waals surface area contributed by atoms with Crippen LogP contribution in [0, 0.1) is 19.8 Å². The van der Waals surface area contributed by atoms with E-state index in [0.717, 1.165) is 49.4 Å². The molecule has 21 heavy (non-hydrogen) atoms. The minimum absolute atomic E-state index is 0.221. The maximum atomic E-state index is 12.5. The molecular weight excluding hydrogens is 264 g/mol. The summed E-state index contributed by atoms with van der Waals surface area (Å²) in [5, 5.41) is 9.63. The zero-order chi connectivity index (χ0) is 15.6. The Labute approximate surface area is 127 Å². The molecule has 1 aromatic heterocycles. The van der Waals surface area contributed by atoms with Crippen molar-refractivity contribution >= 4 is 5.78 Å². The maximum Gasteiger partial charge on any atom is 0.178 e. The molecule has 4 nitrogen and oxygen atoms in total. The van der Waals surface area contributed by atoms with Crippen molar-refractivity contribution < 1.29 is 9.90 Å². The van der Waals surface area contributed by atoms with Gasteiger partial charge in [-0.1, -0.05) is 0 Å². The largest absolute Gasteiger partial charge is 0.393 e. The minimum atomic E-state index is -0.230. The van der Waals surface area contributed by atoms with Gasteiger partial charge in [-0.25, -0.2) is 0 Å². The lowest BCUT2D eigenvalue weighted by Gasteiger charge is -2.32. The Morgan fingerprint density at radius 3 is 2.48 bits per heavy atom. The average Bonchev–Trinajstić information content (AvgIpc) is 2.74. The lowest BCUT2D eigenvalue weighted by atomic mass is 9.92. The molecule has 2 heterocycles. The highest BCUT2D eigenvalue weighted by Gasteiger charge is 2.25. The van der Waals surface area contributed by atoms with Crippen LogP contribution in [0.1, 0.15) is 48.4 Å². The Balaban J connectivity index is 1.97. The molecule has 0 spiro atoms. The van der Waals surface area contributed by atoms with E-state index in [1.807, 2.05) is 19.9 Å². The number of aliphatic hydroxyl groups excluding tert-OH is 1. The number of Topliss-reactive ketones (excluding diaryl/α,β-unsaturated/α-hetero) is 1. The van der Waals surface area contributed by atoms with Gasteiger partial charge in [-0.15, -0.1) is 0 Å². The van der Waals surface area contributed by atoms with Crippen LogP contribution in [-0.2, 0) is 6.54 Å². The van der Waals surface area contributed by atoms with Gasteiger partial charge < -0.3 is 9.67 Å². The van der Waals surface area contributed by atoms with Gasteiger partial charge in [-0.05, 0) is 65.6 Å². The predicted molar refractivity (Wildman–Crippen MR) is 84.8 cm³/mol. The second-order valence-electron chi connectivity index (χ2n) is 6.31. The van der Waals surface area contributed by atoms with Gasteiger partial charge in [0.05, 0.1) is 12.6 Å². The molecule has 1 aromatic rings. The van der Waals surface area contributed by atoms with Crippen molar-refractivity contribution in [1.29, 1.82) is 0 Å². The van der Waals surface area contributed by atoms with Crippen LogP contribution in [0.2, 0.25) is 0 Å². The van der Waals surface area contributed by atoms with Gasteiger partial charge in [0.2, 0.25) is 0 Å². The van der Waals surface area contributed by atoms with Crippen LogP contribution in [0.5, 0.6) is 0 Å².